The van der Waals surface area contributed by atoms with Gasteiger partial charge >= 0.3 is 0 Å². The third-order valence-electron chi connectivity index (χ3n) is 6.32. The number of benzene rings is 2. The van der Waals surface area contributed by atoms with Gasteiger partial charge in [0.1, 0.15) is 11.8 Å². The second-order valence-corrected chi connectivity index (χ2v) is 11.6. The maximum absolute atomic E-state index is 13.2. The fourth-order valence-corrected chi connectivity index (χ4v) is 4.66. The van der Waals surface area contributed by atoms with E-state index in [1.165, 1.54) is 6.07 Å². The third kappa shape index (κ3) is 7.51. The number of carbonyl (C=O) groups excluding carboxylic acids is 2. The van der Waals surface area contributed by atoms with Crippen LogP contribution in [0.4, 0.5) is 0 Å². The zero-order chi connectivity index (χ0) is 29.7. The molecule has 41 heavy (non-hydrogen) atoms. The van der Waals surface area contributed by atoms with Gasteiger partial charge in [0.2, 0.25) is 5.91 Å². The molecule has 4 N–H and O–H groups in total. The number of hydrogen-bond acceptors (Lipinski definition) is 6. The number of nitrogens with one attached hydrogen (secondary N) is 2. The zero-order valence-electron chi connectivity index (χ0n) is 23.4. The molecule has 9 nitrogen and oxygen atoms in total. The lowest BCUT2D eigenvalue weighted by Gasteiger charge is -2.23. The summed E-state index contributed by atoms with van der Waals surface area (Å²) in [6, 6.07) is 18.2. The highest BCUT2D eigenvalue weighted by Crippen LogP contribution is 2.24. The van der Waals surface area contributed by atoms with E-state index in [1.807, 2.05) is 67.0 Å². The molecule has 4 aromatic rings. The number of aromatic nitrogens is 2. The number of halogens is 1. The van der Waals surface area contributed by atoms with Crippen LogP contribution < -0.4 is 21.1 Å². The van der Waals surface area contributed by atoms with Crippen LogP contribution in [0.5, 0.6) is 5.75 Å². The van der Waals surface area contributed by atoms with E-state index in [4.69, 9.17) is 15.5 Å². The van der Waals surface area contributed by atoms with Crippen LogP contribution in [0.2, 0.25) is 0 Å². The molecule has 0 saturated heterocycles. The molecule has 4 rings (SSSR count). The summed E-state index contributed by atoms with van der Waals surface area (Å²) in [7, 11) is 0. The number of nitrogens with two attached hydrogens (primary N) is 1. The van der Waals surface area contributed by atoms with Gasteiger partial charge in [-0.05, 0) is 85.9 Å². The molecule has 1 atom stereocenters. The number of imidazole rings is 1. The van der Waals surface area contributed by atoms with Gasteiger partial charge in [0.25, 0.3) is 5.91 Å². The van der Waals surface area contributed by atoms with E-state index in [0.717, 1.165) is 26.9 Å². The highest BCUT2D eigenvalue weighted by Gasteiger charge is 2.24. The first-order chi connectivity index (χ1) is 19.4. The molecule has 0 aliphatic carbocycles. The van der Waals surface area contributed by atoms with Gasteiger partial charge in [0, 0.05) is 30.1 Å². The Morgan fingerprint density at radius 3 is 2.54 bits per heavy atom. The number of nitrogens with zero attached hydrogens (tertiary/aromatic N) is 3. The van der Waals surface area contributed by atoms with E-state index in [1.54, 1.807) is 26.0 Å². The molecule has 2 heterocycles. The Morgan fingerprint density at radius 1 is 1.17 bits per heavy atom. The van der Waals surface area contributed by atoms with E-state index in [-0.39, 0.29) is 30.0 Å². The highest BCUT2D eigenvalue weighted by molar-refractivity contribution is 9.10. The van der Waals surface area contributed by atoms with Gasteiger partial charge in [-0.15, -0.1) is 0 Å². The molecule has 0 saturated carbocycles. The van der Waals surface area contributed by atoms with Crippen LogP contribution in [0, 0.1) is 11.3 Å². The van der Waals surface area contributed by atoms with Crippen molar-refractivity contribution < 1.29 is 14.3 Å². The molecule has 0 unspecified atom stereocenters. The van der Waals surface area contributed by atoms with Crippen molar-refractivity contribution in [3.05, 3.63) is 88.2 Å². The zero-order valence-corrected chi connectivity index (χ0v) is 25.0. The summed E-state index contributed by atoms with van der Waals surface area (Å²) in [5, 5.41) is 15.4. The second kappa shape index (κ2) is 12.5. The second-order valence-electron chi connectivity index (χ2n) is 10.7. The SMILES string of the molecule is CC(C)Oc1ccc(C(=O)N[C@H](CNC(=O)C(C)(C)N)Cc2ccc(-c3cn4cccc(Br)c4n3)cc2)cc1C#N. The molecular weight excluding hydrogens is 584 g/mol. The molecule has 0 aliphatic heterocycles. The molecule has 2 aromatic heterocycles. The summed E-state index contributed by atoms with van der Waals surface area (Å²) in [4.78, 5) is 30.4. The molecule has 0 radical (unpaired) electrons. The Labute approximate surface area is 247 Å². The van der Waals surface area contributed by atoms with Crippen LogP contribution in [0.15, 0.2) is 71.5 Å². The predicted octanol–water partition coefficient (Wildman–Crippen LogP) is 4.62. The van der Waals surface area contributed by atoms with Gasteiger partial charge in [0.15, 0.2) is 5.65 Å². The average Bonchev–Trinajstić information content (AvgIpc) is 3.37. The third-order valence-corrected chi connectivity index (χ3v) is 6.94. The van der Waals surface area contributed by atoms with Crippen molar-refractivity contribution >= 4 is 33.4 Å². The van der Waals surface area contributed by atoms with Crippen molar-refractivity contribution in [3.8, 4) is 23.1 Å². The summed E-state index contributed by atoms with van der Waals surface area (Å²) in [6.45, 7) is 7.15. The molecule has 0 fully saturated rings. The summed E-state index contributed by atoms with van der Waals surface area (Å²) >= 11 is 3.54. The van der Waals surface area contributed by atoms with Crippen LogP contribution in [-0.2, 0) is 11.2 Å². The van der Waals surface area contributed by atoms with Gasteiger partial charge in [-0.3, -0.25) is 9.59 Å². The van der Waals surface area contributed by atoms with E-state index >= 15 is 0 Å². The number of rotatable bonds is 10. The Kier molecular flexibility index (Phi) is 9.11. The topological polar surface area (TPSA) is 135 Å². The minimum Gasteiger partial charge on any atom is -0.490 e. The maximum Gasteiger partial charge on any atom is 0.251 e. The number of amides is 2. The molecular formula is C31H33BrN6O3. The van der Waals surface area contributed by atoms with Gasteiger partial charge in [-0.2, -0.15) is 5.26 Å². The molecule has 212 valence electrons. The molecule has 2 aromatic carbocycles. The highest BCUT2D eigenvalue weighted by atomic mass is 79.9. The minimum absolute atomic E-state index is 0.109. The van der Waals surface area contributed by atoms with Gasteiger partial charge in [-0.1, -0.05) is 24.3 Å². The first-order valence-electron chi connectivity index (χ1n) is 13.3. The van der Waals surface area contributed by atoms with E-state index in [9.17, 15) is 14.9 Å². The van der Waals surface area contributed by atoms with Gasteiger partial charge in [-0.25, -0.2) is 4.98 Å². The molecule has 0 spiro atoms. The minimum atomic E-state index is -1.06. The van der Waals surface area contributed by atoms with Crippen LogP contribution in [-0.4, -0.2) is 45.4 Å². The van der Waals surface area contributed by atoms with Crippen LogP contribution in [0.3, 0.4) is 0 Å². The fourth-order valence-electron chi connectivity index (χ4n) is 4.22. The van der Waals surface area contributed by atoms with E-state index < -0.39 is 11.6 Å². The summed E-state index contributed by atoms with van der Waals surface area (Å²) in [6.07, 6.45) is 4.25. The number of pyridine rings is 1. The number of nitriles is 1. The average molecular weight is 618 g/mol. The Hall–Kier alpha value is -4.20. The quantitative estimate of drug-likeness (QED) is 0.238. The number of ether oxygens (including phenoxy) is 1. The molecule has 10 heteroatoms. The largest absolute Gasteiger partial charge is 0.490 e. The van der Waals surface area contributed by atoms with Crippen molar-refractivity contribution in [2.24, 2.45) is 5.73 Å². The lowest BCUT2D eigenvalue weighted by Crippen LogP contribution is -2.53. The summed E-state index contributed by atoms with van der Waals surface area (Å²) in [5.74, 6) is -0.270. The van der Waals surface area contributed by atoms with Crippen molar-refractivity contribution in [2.75, 3.05) is 6.54 Å². The first-order valence-corrected chi connectivity index (χ1v) is 14.0. The standard InChI is InChI=1S/C31H33BrN6O3/c1-19(2)41-27-12-11-22(15-23(27)16-33)29(39)36-24(17-35-30(40)31(3,4)34)14-20-7-9-21(10-8-20)26-18-38-13-5-6-25(32)28(38)37-26/h5-13,15,18-19,24H,14,17,34H2,1-4H3,(H,35,40)(H,36,39)/t24-/m0/s1. The van der Waals surface area contributed by atoms with Crippen LogP contribution in [0.25, 0.3) is 16.9 Å². The fraction of sp³-hybridized carbons (Fsp3) is 0.290. The van der Waals surface area contributed by atoms with Crippen molar-refractivity contribution in [2.45, 2.75) is 51.8 Å². The monoisotopic (exact) mass is 616 g/mol. The van der Waals surface area contributed by atoms with Crippen molar-refractivity contribution in [1.29, 1.82) is 5.26 Å². The van der Waals surface area contributed by atoms with Crippen LogP contribution in [0.1, 0.15) is 49.2 Å². The number of hydrogen-bond donors (Lipinski definition) is 3. The summed E-state index contributed by atoms with van der Waals surface area (Å²) in [5.41, 5.74) is 9.06. The number of fused-ring (bicyclic) bond motifs is 1. The molecule has 0 bridgehead atoms. The predicted molar refractivity (Wildman–Crippen MR) is 161 cm³/mol. The van der Waals surface area contributed by atoms with Gasteiger partial charge < -0.3 is 25.5 Å². The smallest absolute Gasteiger partial charge is 0.251 e. The Morgan fingerprint density at radius 2 is 1.90 bits per heavy atom. The van der Waals surface area contributed by atoms with Gasteiger partial charge in [0.05, 0.1) is 33.4 Å². The Bertz CT molecular complexity index is 1600. The summed E-state index contributed by atoms with van der Waals surface area (Å²) < 4.78 is 8.54. The van der Waals surface area contributed by atoms with E-state index in [0.29, 0.717) is 17.7 Å². The van der Waals surface area contributed by atoms with Crippen molar-refractivity contribution in [3.63, 3.8) is 0 Å². The maximum atomic E-state index is 13.2. The van der Waals surface area contributed by atoms with Crippen LogP contribution >= 0.6 is 15.9 Å². The van der Waals surface area contributed by atoms with E-state index in [2.05, 4.69) is 32.6 Å². The van der Waals surface area contributed by atoms with Crippen molar-refractivity contribution in [1.82, 2.24) is 20.0 Å². The first kappa shape index (κ1) is 29.8. The number of carbonyl (C=O) groups is 2. The Balaban J connectivity index is 1.53. The molecule has 2 amide bonds. The molecule has 0 aliphatic rings. The lowest BCUT2D eigenvalue weighted by molar-refractivity contribution is -0.125. The normalized spacial score (nSPS) is 12.1. The lowest BCUT2D eigenvalue weighted by atomic mass is 10.0.